The van der Waals surface area contributed by atoms with Gasteiger partial charge in [-0.2, -0.15) is 0 Å². The highest BCUT2D eigenvalue weighted by Gasteiger charge is 2.30. The first-order valence-electron chi connectivity index (χ1n) is 13.5. The van der Waals surface area contributed by atoms with E-state index in [1.165, 1.54) is 32.8 Å². The number of aromatic nitrogens is 2. The van der Waals surface area contributed by atoms with E-state index in [0.29, 0.717) is 0 Å². The molecule has 1 atom stereocenters. The summed E-state index contributed by atoms with van der Waals surface area (Å²) < 4.78 is 0. The van der Waals surface area contributed by atoms with Gasteiger partial charge in [-0.1, -0.05) is 78.0 Å². The summed E-state index contributed by atoms with van der Waals surface area (Å²) in [5, 5.41) is 3.86. The van der Waals surface area contributed by atoms with E-state index in [4.69, 9.17) is 4.98 Å². The fraction of sp³-hybridized carbons (Fsp3) is 0.0286. The van der Waals surface area contributed by atoms with Crippen LogP contribution >= 0.6 is 0 Å². The number of hydrogen-bond acceptors (Lipinski definition) is 4. The number of anilines is 5. The molecule has 0 fully saturated rings. The predicted octanol–water partition coefficient (Wildman–Crippen LogP) is 5.94. The molecule has 0 N–H and O–H groups in total. The van der Waals surface area contributed by atoms with Crippen molar-refractivity contribution in [1.82, 2.24) is 9.97 Å². The molecule has 6 aromatic rings. The fourth-order valence-electron chi connectivity index (χ4n) is 5.72. The van der Waals surface area contributed by atoms with Gasteiger partial charge in [-0.25, -0.2) is 0 Å². The van der Waals surface area contributed by atoms with Crippen LogP contribution < -0.4 is 25.5 Å². The van der Waals surface area contributed by atoms with Gasteiger partial charge < -0.3 is 9.80 Å². The molecule has 4 nitrogen and oxygen atoms in total. The van der Waals surface area contributed by atoms with Crippen LogP contribution in [0.2, 0.25) is 0 Å². The van der Waals surface area contributed by atoms with Crippen LogP contribution in [0.5, 0.6) is 0 Å². The first-order valence-corrected chi connectivity index (χ1v) is 15.3. The van der Waals surface area contributed by atoms with E-state index >= 15 is 0 Å². The van der Waals surface area contributed by atoms with E-state index in [2.05, 4.69) is 137 Å². The third-order valence-corrected chi connectivity index (χ3v) is 10.6. The number of para-hydroxylation sites is 2. The summed E-state index contributed by atoms with van der Waals surface area (Å²) in [6.45, 7) is 0. The summed E-state index contributed by atoms with van der Waals surface area (Å²) >= 11 is 0. The molecule has 7 rings (SSSR count). The molecule has 0 saturated heterocycles. The maximum atomic E-state index is 4.85. The Hall–Kier alpha value is -5.00. The van der Waals surface area contributed by atoms with Crippen LogP contribution in [-0.2, 0) is 0 Å². The van der Waals surface area contributed by atoms with Crippen molar-refractivity contribution in [2.75, 3.05) is 16.8 Å². The topological polar surface area (TPSA) is 32.3 Å². The van der Waals surface area contributed by atoms with Gasteiger partial charge in [-0.15, -0.1) is 0 Å². The van der Waals surface area contributed by atoms with Gasteiger partial charge in [0.2, 0.25) is 0 Å². The minimum absolute atomic E-state index is 0.965. The molecule has 0 amide bonds. The minimum Gasteiger partial charge on any atom is -0.341 e. The molecule has 1 unspecified atom stereocenters. The molecule has 0 bridgehead atoms. The van der Waals surface area contributed by atoms with Crippen molar-refractivity contribution in [3.63, 3.8) is 0 Å². The normalized spacial score (nSPS) is 12.9. The summed E-state index contributed by atoms with van der Waals surface area (Å²) in [4.78, 5) is 14.2. The second-order valence-corrected chi connectivity index (χ2v) is 12.8. The molecule has 2 aromatic heterocycles. The third-order valence-electron chi connectivity index (χ3n) is 7.60. The summed E-state index contributed by atoms with van der Waals surface area (Å²) in [5.41, 5.74) is 7.84. The lowest BCUT2D eigenvalue weighted by molar-refractivity contribution is 1.13. The molecule has 1 aliphatic rings. The highest BCUT2D eigenvalue weighted by atomic mass is 28.3. The maximum Gasteiger partial charge on any atom is 0.155 e. The van der Waals surface area contributed by atoms with E-state index in [-0.39, 0.29) is 0 Å². The number of nitrogens with zero attached hydrogens (tertiary/aromatic N) is 4. The Morgan fingerprint density at radius 3 is 2.02 bits per heavy atom. The zero-order valence-corrected chi connectivity index (χ0v) is 23.4. The summed E-state index contributed by atoms with van der Waals surface area (Å²) in [6, 6.07) is 47.5. The highest BCUT2D eigenvalue weighted by Crippen LogP contribution is 2.50. The van der Waals surface area contributed by atoms with Crippen molar-refractivity contribution in [2.24, 2.45) is 0 Å². The van der Waals surface area contributed by atoms with Crippen molar-refractivity contribution in [1.29, 1.82) is 0 Å². The maximum absolute atomic E-state index is 4.85. The SMILES string of the molecule is CN1c2ccccc2N(c2cccc(-c3ccccn3)c2)c2cc([SiH](c3ccccc3)c3ccccn3)ccc21. The molecule has 4 aromatic carbocycles. The largest absolute Gasteiger partial charge is 0.341 e. The lowest BCUT2D eigenvalue weighted by atomic mass is 10.0. The number of rotatable bonds is 5. The molecule has 0 spiro atoms. The minimum atomic E-state index is -1.81. The second kappa shape index (κ2) is 10.3. The highest BCUT2D eigenvalue weighted by molar-refractivity contribution is 6.95. The van der Waals surface area contributed by atoms with E-state index in [0.717, 1.165) is 22.6 Å². The van der Waals surface area contributed by atoms with Crippen molar-refractivity contribution in [3.05, 3.63) is 146 Å². The van der Waals surface area contributed by atoms with E-state index < -0.39 is 8.80 Å². The molecule has 1 aliphatic heterocycles. The smallest absolute Gasteiger partial charge is 0.155 e. The van der Waals surface area contributed by atoms with Crippen LogP contribution in [0.1, 0.15) is 0 Å². The first kappa shape index (κ1) is 24.1. The first-order chi connectivity index (χ1) is 19.8. The van der Waals surface area contributed by atoms with Gasteiger partial charge in [0.05, 0.1) is 28.4 Å². The lowest BCUT2D eigenvalue weighted by Gasteiger charge is -2.39. The molecule has 192 valence electrons. The van der Waals surface area contributed by atoms with Crippen molar-refractivity contribution >= 4 is 52.9 Å². The van der Waals surface area contributed by atoms with E-state index in [9.17, 15) is 0 Å². The molecule has 0 radical (unpaired) electrons. The Morgan fingerprint density at radius 1 is 0.525 bits per heavy atom. The van der Waals surface area contributed by atoms with E-state index in [1.54, 1.807) is 0 Å². The van der Waals surface area contributed by atoms with Gasteiger partial charge in [0, 0.05) is 36.0 Å². The van der Waals surface area contributed by atoms with Gasteiger partial charge in [-0.05, 0) is 65.9 Å². The van der Waals surface area contributed by atoms with Gasteiger partial charge in [0.15, 0.2) is 8.80 Å². The fourth-order valence-corrected chi connectivity index (χ4v) is 8.55. The summed E-state index contributed by atoms with van der Waals surface area (Å²) in [6.07, 6.45) is 3.76. The quantitative estimate of drug-likeness (QED) is 0.257. The second-order valence-electron chi connectivity index (χ2n) is 9.99. The Morgan fingerprint density at radius 2 is 1.25 bits per heavy atom. The standard InChI is InChI=1S/C35H28N4Si/c1-38-31-17-5-6-18-33(31)39(27-13-11-12-26(24-27)30-16-7-9-22-36-30)34-25-29(20-21-32(34)38)40(28-14-3-2-4-15-28)35-19-8-10-23-37-35/h2-25,40H,1H3. The van der Waals surface area contributed by atoms with Gasteiger partial charge in [0.25, 0.3) is 0 Å². The summed E-state index contributed by atoms with van der Waals surface area (Å²) in [7, 11) is 0.345. The zero-order chi connectivity index (χ0) is 26.9. The molecule has 3 heterocycles. The van der Waals surface area contributed by atoms with Crippen LogP contribution in [0, 0.1) is 0 Å². The van der Waals surface area contributed by atoms with Crippen LogP contribution in [0.15, 0.2) is 146 Å². The lowest BCUT2D eigenvalue weighted by Crippen LogP contribution is -2.53. The average Bonchev–Trinajstić information content (AvgIpc) is 3.03. The summed E-state index contributed by atoms with van der Waals surface area (Å²) in [5.74, 6) is 0. The molecule has 40 heavy (non-hydrogen) atoms. The van der Waals surface area contributed by atoms with E-state index in [1.807, 2.05) is 30.6 Å². The Bertz CT molecular complexity index is 1740. The van der Waals surface area contributed by atoms with Crippen molar-refractivity contribution < 1.29 is 0 Å². The number of fused-ring (bicyclic) bond motifs is 2. The number of pyridine rings is 2. The number of benzene rings is 4. The van der Waals surface area contributed by atoms with Gasteiger partial charge in [-0.3, -0.25) is 9.97 Å². The van der Waals surface area contributed by atoms with Crippen LogP contribution in [0.25, 0.3) is 11.3 Å². The molecule has 0 aliphatic carbocycles. The predicted molar refractivity (Wildman–Crippen MR) is 169 cm³/mol. The molecule has 5 heteroatoms. The third kappa shape index (κ3) is 4.27. The van der Waals surface area contributed by atoms with Gasteiger partial charge >= 0.3 is 0 Å². The molecule has 0 saturated carbocycles. The molecular formula is C35H28N4Si. The Balaban J connectivity index is 1.43. The number of hydrogen-bond donors (Lipinski definition) is 0. The molecular weight excluding hydrogens is 504 g/mol. The van der Waals surface area contributed by atoms with Crippen molar-refractivity contribution in [2.45, 2.75) is 0 Å². The average molecular weight is 533 g/mol. The van der Waals surface area contributed by atoms with Crippen LogP contribution in [0.4, 0.5) is 28.4 Å². The monoisotopic (exact) mass is 532 g/mol. The Labute approximate surface area is 236 Å². The van der Waals surface area contributed by atoms with Crippen molar-refractivity contribution in [3.8, 4) is 11.3 Å². The Kier molecular flexibility index (Phi) is 6.19. The zero-order valence-electron chi connectivity index (χ0n) is 22.2. The van der Waals surface area contributed by atoms with Crippen LogP contribution in [-0.4, -0.2) is 25.8 Å². The van der Waals surface area contributed by atoms with Gasteiger partial charge in [0.1, 0.15) is 0 Å². The van der Waals surface area contributed by atoms with Crippen LogP contribution in [0.3, 0.4) is 0 Å².